The van der Waals surface area contributed by atoms with E-state index in [9.17, 15) is 4.39 Å². The first-order valence-corrected chi connectivity index (χ1v) is 5.74. The molecule has 0 spiro atoms. The highest BCUT2D eigenvalue weighted by Crippen LogP contribution is 2.31. The van der Waals surface area contributed by atoms with Crippen molar-refractivity contribution in [2.75, 3.05) is 6.61 Å². The van der Waals surface area contributed by atoms with Crippen LogP contribution in [0.3, 0.4) is 0 Å². The molecule has 0 aliphatic heterocycles. The molecule has 0 radical (unpaired) electrons. The molecule has 4 heteroatoms. The highest BCUT2D eigenvalue weighted by molar-refractivity contribution is 5.64. The lowest BCUT2D eigenvalue weighted by Gasteiger charge is -2.07. The second-order valence-electron chi connectivity index (χ2n) is 4.38. The van der Waals surface area contributed by atoms with E-state index in [1.54, 1.807) is 24.5 Å². The molecule has 2 aromatic rings. The molecule has 0 amide bonds. The van der Waals surface area contributed by atoms with E-state index in [-0.39, 0.29) is 5.82 Å². The fourth-order valence-corrected chi connectivity index (χ4v) is 1.71. The van der Waals surface area contributed by atoms with Gasteiger partial charge in [-0.2, -0.15) is 5.10 Å². The van der Waals surface area contributed by atoms with Crippen molar-refractivity contribution in [1.82, 2.24) is 10.2 Å². The number of aromatic nitrogens is 2. The summed E-state index contributed by atoms with van der Waals surface area (Å²) in [6, 6.07) is 4.83. The number of ether oxygens (including phenoxy) is 1. The number of hydrogen-bond acceptors (Lipinski definition) is 2. The molecular formula is C13H13FN2O. The van der Waals surface area contributed by atoms with Crippen molar-refractivity contribution in [1.29, 1.82) is 0 Å². The molecule has 1 saturated carbocycles. The molecule has 17 heavy (non-hydrogen) atoms. The summed E-state index contributed by atoms with van der Waals surface area (Å²) in [7, 11) is 0. The van der Waals surface area contributed by atoms with Crippen LogP contribution in [0.1, 0.15) is 12.8 Å². The van der Waals surface area contributed by atoms with E-state index < -0.39 is 0 Å². The molecule has 3 rings (SSSR count). The Morgan fingerprint density at radius 2 is 2.29 bits per heavy atom. The molecule has 1 aromatic carbocycles. The maximum absolute atomic E-state index is 13.6. The minimum Gasteiger partial charge on any atom is -0.493 e. The Hall–Kier alpha value is -1.84. The van der Waals surface area contributed by atoms with Crippen LogP contribution in [0.4, 0.5) is 4.39 Å². The van der Waals surface area contributed by atoms with Gasteiger partial charge in [0.15, 0.2) is 0 Å². The lowest BCUT2D eigenvalue weighted by atomic mass is 10.1. The molecule has 0 unspecified atom stereocenters. The Kier molecular flexibility index (Phi) is 2.55. The van der Waals surface area contributed by atoms with Gasteiger partial charge in [0.1, 0.15) is 11.6 Å². The zero-order chi connectivity index (χ0) is 11.7. The third-order valence-corrected chi connectivity index (χ3v) is 2.93. The summed E-state index contributed by atoms with van der Waals surface area (Å²) in [6.45, 7) is 0.733. The van der Waals surface area contributed by atoms with Crippen LogP contribution in [0.15, 0.2) is 30.6 Å². The molecule has 1 aliphatic rings. The summed E-state index contributed by atoms with van der Waals surface area (Å²) < 4.78 is 19.3. The van der Waals surface area contributed by atoms with E-state index in [2.05, 4.69) is 10.2 Å². The monoisotopic (exact) mass is 232 g/mol. The topological polar surface area (TPSA) is 37.9 Å². The van der Waals surface area contributed by atoms with Crippen molar-refractivity contribution in [3.05, 3.63) is 36.4 Å². The summed E-state index contributed by atoms with van der Waals surface area (Å²) in [5.74, 6) is 1.15. The fourth-order valence-electron chi connectivity index (χ4n) is 1.71. The number of hydrogen-bond donors (Lipinski definition) is 1. The van der Waals surface area contributed by atoms with Crippen LogP contribution in [0.2, 0.25) is 0 Å². The first-order valence-electron chi connectivity index (χ1n) is 5.74. The predicted molar refractivity (Wildman–Crippen MR) is 62.2 cm³/mol. The van der Waals surface area contributed by atoms with E-state index in [0.29, 0.717) is 11.5 Å². The second kappa shape index (κ2) is 4.20. The quantitative estimate of drug-likeness (QED) is 0.879. The van der Waals surface area contributed by atoms with Crippen molar-refractivity contribution >= 4 is 0 Å². The summed E-state index contributed by atoms with van der Waals surface area (Å²) in [5.41, 5.74) is 1.26. The summed E-state index contributed by atoms with van der Waals surface area (Å²) in [6.07, 6.45) is 5.76. The normalized spacial score (nSPS) is 14.9. The number of benzene rings is 1. The Labute approximate surface area is 98.6 Å². The molecule has 3 nitrogen and oxygen atoms in total. The van der Waals surface area contributed by atoms with Crippen molar-refractivity contribution in [2.24, 2.45) is 5.92 Å². The Balaban J connectivity index is 1.83. The zero-order valence-corrected chi connectivity index (χ0v) is 9.32. The summed E-state index contributed by atoms with van der Waals surface area (Å²) >= 11 is 0. The van der Waals surface area contributed by atoms with Crippen LogP contribution in [0, 0.1) is 11.7 Å². The van der Waals surface area contributed by atoms with Crippen LogP contribution in [-0.2, 0) is 0 Å². The van der Waals surface area contributed by atoms with Crippen molar-refractivity contribution in [3.8, 4) is 16.9 Å². The molecule has 1 aliphatic carbocycles. The van der Waals surface area contributed by atoms with Gasteiger partial charge in [0.25, 0.3) is 0 Å². The molecule has 0 atom stereocenters. The van der Waals surface area contributed by atoms with Gasteiger partial charge in [-0.15, -0.1) is 0 Å². The average molecular weight is 232 g/mol. The highest BCUT2D eigenvalue weighted by Gasteiger charge is 2.22. The third kappa shape index (κ3) is 2.30. The third-order valence-electron chi connectivity index (χ3n) is 2.93. The minimum atomic E-state index is -0.259. The number of halogens is 1. The van der Waals surface area contributed by atoms with Crippen LogP contribution < -0.4 is 4.74 Å². The Morgan fingerprint density at radius 3 is 3.00 bits per heavy atom. The van der Waals surface area contributed by atoms with Gasteiger partial charge in [0.2, 0.25) is 0 Å². The van der Waals surface area contributed by atoms with Crippen molar-refractivity contribution in [3.63, 3.8) is 0 Å². The molecule has 1 heterocycles. The number of H-pyrrole nitrogens is 1. The van der Waals surface area contributed by atoms with Gasteiger partial charge in [-0.3, -0.25) is 5.10 Å². The molecular weight excluding hydrogens is 219 g/mol. The maximum atomic E-state index is 13.6. The number of rotatable bonds is 4. The molecule has 1 aromatic heterocycles. The summed E-state index contributed by atoms with van der Waals surface area (Å²) in [5, 5.41) is 6.50. The SMILES string of the molecule is Fc1ccc(OCC2CC2)cc1-c1cn[nH]c1. The highest BCUT2D eigenvalue weighted by atomic mass is 19.1. The van der Waals surface area contributed by atoms with E-state index in [1.807, 2.05) is 0 Å². The smallest absolute Gasteiger partial charge is 0.131 e. The molecule has 1 fully saturated rings. The first-order chi connectivity index (χ1) is 8.33. The largest absolute Gasteiger partial charge is 0.493 e. The van der Waals surface area contributed by atoms with E-state index in [1.165, 1.54) is 18.9 Å². The summed E-state index contributed by atoms with van der Waals surface area (Å²) in [4.78, 5) is 0. The van der Waals surface area contributed by atoms with E-state index in [4.69, 9.17) is 4.74 Å². The van der Waals surface area contributed by atoms with Crippen LogP contribution in [0.25, 0.3) is 11.1 Å². The lowest BCUT2D eigenvalue weighted by Crippen LogP contribution is -1.99. The van der Waals surface area contributed by atoms with E-state index in [0.717, 1.165) is 17.9 Å². The van der Waals surface area contributed by atoms with E-state index >= 15 is 0 Å². The lowest BCUT2D eigenvalue weighted by molar-refractivity contribution is 0.299. The van der Waals surface area contributed by atoms with Crippen LogP contribution >= 0.6 is 0 Å². The molecule has 0 saturated heterocycles. The van der Waals surface area contributed by atoms with Gasteiger partial charge in [-0.25, -0.2) is 4.39 Å². The predicted octanol–water partition coefficient (Wildman–Crippen LogP) is 3.00. The molecule has 1 N–H and O–H groups in total. The van der Waals surface area contributed by atoms with Gasteiger partial charge >= 0.3 is 0 Å². The molecule has 0 bridgehead atoms. The number of nitrogens with one attached hydrogen (secondary N) is 1. The Morgan fingerprint density at radius 1 is 1.41 bits per heavy atom. The second-order valence-corrected chi connectivity index (χ2v) is 4.38. The van der Waals surface area contributed by atoms with Crippen molar-refractivity contribution in [2.45, 2.75) is 12.8 Å². The first kappa shape index (κ1) is 10.3. The van der Waals surface area contributed by atoms with Gasteiger partial charge in [0, 0.05) is 17.3 Å². The Bertz CT molecular complexity index is 506. The fraction of sp³-hybridized carbons (Fsp3) is 0.308. The minimum absolute atomic E-state index is 0.259. The molecule has 88 valence electrons. The van der Waals surface area contributed by atoms with Crippen LogP contribution in [0.5, 0.6) is 5.75 Å². The standard InChI is InChI=1S/C13H13FN2O/c14-13-4-3-11(17-8-9-1-2-9)5-12(13)10-6-15-16-7-10/h3-7,9H,1-2,8H2,(H,15,16). The van der Waals surface area contributed by atoms with Crippen molar-refractivity contribution < 1.29 is 9.13 Å². The zero-order valence-electron chi connectivity index (χ0n) is 9.32. The van der Waals surface area contributed by atoms with Crippen LogP contribution in [-0.4, -0.2) is 16.8 Å². The van der Waals surface area contributed by atoms with Gasteiger partial charge in [-0.05, 0) is 37.0 Å². The van der Waals surface area contributed by atoms with Gasteiger partial charge in [0.05, 0.1) is 12.8 Å². The van der Waals surface area contributed by atoms with Gasteiger partial charge in [-0.1, -0.05) is 0 Å². The van der Waals surface area contributed by atoms with Gasteiger partial charge < -0.3 is 4.74 Å². The number of aromatic amines is 1. The average Bonchev–Trinajstić information content (AvgIpc) is 3.01. The maximum Gasteiger partial charge on any atom is 0.131 e. The number of nitrogens with zero attached hydrogens (tertiary/aromatic N) is 1.